The van der Waals surface area contributed by atoms with Crippen LogP contribution >= 0.6 is 11.6 Å². The molecule has 1 atom stereocenters. The first-order valence-electron chi connectivity index (χ1n) is 6.48. The molecule has 0 bridgehead atoms. The fraction of sp³-hybridized carbons (Fsp3) is 0.429. The smallest absolute Gasteiger partial charge is 0.326 e. The van der Waals surface area contributed by atoms with E-state index < -0.39 is 12.0 Å². The predicted octanol–water partition coefficient (Wildman–Crippen LogP) is 2.44. The van der Waals surface area contributed by atoms with E-state index >= 15 is 0 Å². The average Bonchev–Trinajstić information content (AvgIpc) is 2.90. The van der Waals surface area contributed by atoms with Gasteiger partial charge in [-0.1, -0.05) is 23.7 Å². The van der Waals surface area contributed by atoms with Crippen LogP contribution in [-0.4, -0.2) is 46.5 Å². The van der Waals surface area contributed by atoms with Gasteiger partial charge in [0.25, 0.3) is 0 Å². The molecular formula is C14H17ClN2O3. The largest absolute Gasteiger partial charge is 0.480 e. The lowest BCUT2D eigenvalue weighted by molar-refractivity contribution is -0.141. The van der Waals surface area contributed by atoms with Crippen LogP contribution in [0.15, 0.2) is 24.3 Å². The number of carbonyl (C=O) groups excluding carboxylic acids is 1. The van der Waals surface area contributed by atoms with E-state index in [0.717, 1.165) is 12.0 Å². The molecule has 20 heavy (non-hydrogen) atoms. The lowest BCUT2D eigenvalue weighted by Crippen LogP contribution is -2.46. The first-order chi connectivity index (χ1) is 9.49. The third kappa shape index (κ3) is 3.22. The molecule has 1 aliphatic rings. The third-order valence-corrected chi connectivity index (χ3v) is 3.70. The molecule has 2 rings (SSSR count). The Bertz CT molecular complexity index is 504. The number of carboxylic acids is 1. The van der Waals surface area contributed by atoms with Crippen LogP contribution in [-0.2, 0) is 11.3 Å². The normalized spacial score (nSPS) is 18.1. The van der Waals surface area contributed by atoms with Crippen molar-refractivity contribution >= 4 is 23.6 Å². The van der Waals surface area contributed by atoms with Crippen LogP contribution in [0, 0.1) is 0 Å². The Balaban J connectivity index is 2.01. The van der Waals surface area contributed by atoms with Crippen molar-refractivity contribution in [3.63, 3.8) is 0 Å². The molecule has 108 valence electrons. The topological polar surface area (TPSA) is 60.9 Å². The molecule has 0 spiro atoms. The highest BCUT2D eigenvalue weighted by Gasteiger charge is 2.35. The quantitative estimate of drug-likeness (QED) is 0.932. The Kier molecular flexibility index (Phi) is 4.49. The van der Waals surface area contributed by atoms with Crippen molar-refractivity contribution in [2.45, 2.75) is 25.4 Å². The van der Waals surface area contributed by atoms with E-state index in [0.29, 0.717) is 24.5 Å². The molecule has 2 amide bonds. The van der Waals surface area contributed by atoms with Crippen LogP contribution in [0.4, 0.5) is 4.79 Å². The fourth-order valence-corrected chi connectivity index (χ4v) is 2.53. The second kappa shape index (κ2) is 6.13. The zero-order valence-electron chi connectivity index (χ0n) is 11.3. The van der Waals surface area contributed by atoms with Crippen molar-refractivity contribution < 1.29 is 14.7 Å². The highest BCUT2D eigenvalue weighted by molar-refractivity contribution is 6.30. The average molecular weight is 297 g/mol. The molecular weight excluding hydrogens is 280 g/mol. The van der Waals surface area contributed by atoms with Crippen LogP contribution in [0.3, 0.4) is 0 Å². The predicted molar refractivity (Wildman–Crippen MR) is 75.7 cm³/mol. The van der Waals surface area contributed by atoms with Crippen molar-refractivity contribution in [2.75, 3.05) is 13.6 Å². The summed E-state index contributed by atoms with van der Waals surface area (Å²) in [5.74, 6) is -0.934. The summed E-state index contributed by atoms with van der Waals surface area (Å²) in [5.41, 5.74) is 0.955. The Morgan fingerprint density at radius 3 is 2.65 bits per heavy atom. The standard InChI is InChI=1S/C14H17ClN2O3/c1-16(9-10-4-6-11(15)7-5-10)14(20)17-8-2-3-12(17)13(18)19/h4-7,12H,2-3,8-9H2,1H3,(H,18,19)/t12-/m0/s1. The summed E-state index contributed by atoms with van der Waals surface area (Å²) in [5, 5.41) is 9.75. The number of amides is 2. The summed E-state index contributed by atoms with van der Waals surface area (Å²) in [6.07, 6.45) is 1.26. The Hall–Kier alpha value is -1.75. The molecule has 1 N–H and O–H groups in total. The lowest BCUT2D eigenvalue weighted by atomic mass is 10.2. The zero-order chi connectivity index (χ0) is 14.7. The number of likely N-dealkylation sites (tertiary alicyclic amines) is 1. The fourth-order valence-electron chi connectivity index (χ4n) is 2.40. The van der Waals surface area contributed by atoms with Gasteiger partial charge in [-0.3, -0.25) is 0 Å². The summed E-state index contributed by atoms with van der Waals surface area (Å²) >= 11 is 5.81. The number of urea groups is 1. The number of halogens is 1. The van der Waals surface area contributed by atoms with E-state index in [9.17, 15) is 9.59 Å². The number of hydrogen-bond donors (Lipinski definition) is 1. The van der Waals surface area contributed by atoms with Crippen molar-refractivity contribution in [2.24, 2.45) is 0 Å². The summed E-state index contributed by atoms with van der Waals surface area (Å²) in [6, 6.07) is 6.30. The number of nitrogens with zero attached hydrogens (tertiary/aromatic N) is 2. The van der Waals surface area contributed by atoms with E-state index in [1.54, 1.807) is 19.2 Å². The molecule has 1 aliphatic heterocycles. The van der Waals surface area contributed by atoms with Crippen molar-refractivity contribution in [3.05, 3.63) is 34.9 Å². The first kappa shape index (κ1) is 14.7. The van der Waals surface area contributed by atoms with E-state index in [1.807, 2.05) is 12.1 Å². The Morgan fingerprint density at radius 2 is 2.05 bits per heavy atom. The first-order valence-corrected chi connectivity index (χ1v) is 6.86. The van der Waals surface area contributed by atoms with Gasteiger partial charge in [-0.15, -0.1) is 0 Å². The van der Waals surface area contributed by atoms with E-state index in [-0.39, 0.29) is 6.03 Å². The van der Waals surface area contributed by atoms with Crippen LogP contribution in [0.2, 0.25) is 5.02 Å². The Labute approximate surface area is 122 Å². The van der Waals surface area contributed by atoms with Gasteiger partial charge >= 0.3 is 12.0 Å². The van der Waals surface area contributed by atoms with Gasteiger partial charge in [0.2, 0.25) is 0 Å². The molecule has 1 saturated heterocycles. The molecule has 0 aromatic heterocycles. The molecule has 1 aromatic carbocycles. The van der Waals surface area contributed by atoms with Gasteiger partial charge in [-0.05, 0) is 30.5 Å². The van der Waals surface area contributed by atoms with E-state index in [4.69, 9.17) is 16.7 Å². The number of aliphatic carboxylic acids is 1. The minimum atomic E-state index is -0.934. The summed E-state index contributed by atoms with van der Waals surface area (Å²) in [7, 11) is 1.67. The van der Waals surface area contributed by atoms with Crippen LogP contribution < -0.4 is 0 Å². The SMILES string of the molecule is CN(Cc1ccc(Cl)cc1)C(=O)N1CCC[C@H]1C(=O)O. The molecule has 1 heterocycles. The van der Waals surface area contributed by atoms with Gasteiger partial charge in [0.1, 0.15) is 6.04 Å². The van der Waals surface area contributed by atoms with E-state index in [2.05, 4.69) is 0 Å². The highest BCUT2D eigenvalue weighted by atomic mass is 35.5. The summed E-state index contributed by atoms with van der Waals surface area (Å²) in [4.78, 5) is 26.4. The monoisotopic (exact) mass is 296 g/mol. The maximum absolute atomic E-state index is 12.3. The minimum Gasteiger partial charge on any atom is -0.480 e. The molecule has 1 fully saturated rings. The molecule has 0 unspecified atom stereocenters. The molecule has 0 saturated carbocycles. The number of carboxylic acid groups (broad SMARTS) is 1. The maximum Gasteiger partial charge on any atom is 0.326 e. The number of rotatable bonds is 3. The van der Waals surface area contributed by atoms with E-state index in [1.165, 1.54) is 9.80 Å². The minimum absolute atomic E-state index is 0.246. The molecule has 0 aliphatic carbocycles. The van der Waals surface area contributed by atoms with Gasteiger partial charge in [-0.2, -0.15) is 0 Å². The van der Waals surface area contributed by atoms with Crippen molar-refractivity contribution in [1.29, 1.82) is 0 Å². The molecule has 1 aromatic rings. The maximum atomic E-state index is 12.3. The number of benzene rings is 1. The van der Waals surface area contributed by atoms with Gasteiger partial charge in [0.15, 0.2) is 0 Å². The highest BCUT2D eigenvalue weighted by Crippen LogP contribution is 2.20. The lowest BCUT2D eigenvalue weighted by Gasteiger charge is -2.27. The number of carbonyl (C=O) groups is 2. The van der Waals surface area contributed by atoms with Crippen molar-refractivity contribution in [1.82, 2.24) is 9.80 Å². The second-order valence-corrected chi connectivity index (χ2v) is 5.39. The third-order valence-electron chi connectivity index (χ3n) is 3.44. The summed E-state index contributed by atoms with van der Waals surface area (Å²) < 4.78 is 0. The number of hydrogen-bond acceptors (Lipinski definition) is 2. The second-order valence-electron chi connectivity index (χ2n) is 4.95. The van der Waals surface area contributed by atoms with Crippen LogP contribution in [0.1, 0.15) is 18.4 Å². The molecule has 5 nitrogen and oxygen atoms in total. The van der Waals surface area contributed by atoms with Gasteiger partial charge in [-0.25, -0.2) is 9.59 Å². The molecule has 0 radical (unpaired) electrons. The Morgan fingerprint density at radius 1 is 1.40 bits per heavy atom. The van der Waals surface area contributed by atoms with Gasteiger partial charge in [0.05, 0.1) is 0 Å². The zero-order valence-corrected chi connectivity index (χ0v) is 12.0. The van der Waals surface area contributed by atoms with Crippen LogP contribution in [0.25, 0.3) is 0 Å². The van der Waals surface area contributed by atoms with Crippen LogP contribution in [0.5, 0.6) is 0 Å². The summed E-state index contributed by atoms with van der Waals surface area (Å²) in [6.45, 7) is 0.930. The van der Waals surface area contributed by atoms with Crippen molar-refractivity contribution in [3.8, 4) is 0 Å². The molecule has 6 heteroatoms. The van der Waals surface area contributed by atoms with Gasteiger partial charge in [0, 0.05) is 25.2 Å². The van der Waals surface area contributed by atoms with Gasteiger partial charge < -0.3 is 14.9 Å².